The zero-order valence-corrected chi connectivity index (χ0v) is 12.8. The van der Waals surface area contributed by atoms with E-state index in [4.69, 9.17) is 4.74 Å². The number of morpholine rings is 1. The lowest BCUT2D eigenvalue weighted by Gasteiger charge is -2.27. The second-order valence-corrected chi connectivity index (χ2v) is 5.48. The van der Waals surface area contributed by atoms with Crippen LogP contribution < -0.4 is 5.32 Å². The van der Waals surface area contributed by atoms with Crippen LogP contribution in [-0.4, -0.2) is 48.8 Å². The normalized spacial score (nSPS) is 16.8. The highest BCUT2D eigenvalue weighted by molar-refractivity contribution is 5.76. The van der Waals surface area contributed by atoms with Crippen LogP contribution in [-0.2, 0) is 9.53 Å². The van der Waals surface area contributed by atoms with Crippen molar-refractivity contribution in [3.8, 4) is 5.75 Å². The molecule has 1 fully saturated rings. The van der Waals surface area contributed by atoms with Gasteiger partial charge in [0.2, 0.25) is 5.91 Å². The van der Waals surface area contributed by atoms with Crippen molar-refractivity contribution >= 4 is 5.91 Å². The molecule has 1 aliphatic rings. The maximum absolute atomic E-state index is 12.0. The van der Waals surface area contributed by atoms with Crippen LogP contribution in [0.1, 0.15) is 30.5 Å². The van der Waals surface area contributed by atoms with E-state index in [-0.39, 0.29) is 11.9 Å². The number of carbonyl (C=O) groups excluding carboxylic acids is 1. The SMILES string of the molecule is Cc1ccc(O)c(C(C)NCCC(=O)N2CCOCC2)c1. The van der Waals surface area contributed by atoms with Crippen LogP contribution in [0, 0.1) is 6.92 Å². The number of phenolic OH excluding ortho intramolecular Hbond substituents is 1. The van der Waals surface area contributed by atoms with Gasteiger partial charge >= 0.3 is 0 Å². The summed E-state index contributed by atoms with van der Waals surface area (Å²) < 4.78 is 5.24. The van der Waals surface area contributed by atoms with Crippen LogP contribution in [0.5, 0.6) is 5.75 Å². The van der Waals surface area contributed by atoms with E-state index in [2.05, 4.69) is 5.32 Å². The Labute approximate surface area is 125 Å². The number of aromatic hydroxyl groups is 1. The van der Waals surface area contributed by atoms with Gasteiger partial charge in [0.15, 0.2) is 0 Å². The van der Waals surface area contributed by atoms with Crippen LogP contribution in [0.15, 0.2) is 18.2 Å². The second kappa shape index (κ2) is 7.43. The summed E-state index contributed by atoms with van der Waals surface area (Å²) in [5.74, 6) is 0.451. The van der Waals surface area contributed by atoms with E-state index in [1.807, 2.05) is 30.9 Å². The molecule has 1 aromatic rings. The summed E-state index contributed by atoms with van der Waals surface area (Å²) in [5, 5.41) is 13.2. The van der Waals surface area contributed by atoms with Crippen molar-refractivity contribution in [3.63, 3.8) is 0 Å². The number of ether oxygens (including phenoxy) is 1. The van der Waals surface area contributed by atoms with E-state index in [0.29, 0.717) is 45.0 Å². The zero-order valence-electron chi connectivity index (χ0n) is 12.8. The van der Waals surface area contributed by atoms with Crippen molar-refractivity contribution in [1.82, 2.24) is 10.2 Å². The molecule has 1 heterocycles. The highest BCUT2D eigenvalue weighted by Gasteiger charge is 2.17. The second-order valence-electron chi connectivity index (χ2n) is 5.48. The summed E-state index contributed by atoms with van der Waals surface area (Å²) >= 11 is 0. The number of hydrogen-bond acceptors (Lipinski definition) is 4. The molecule has 2 N–H and O–H groups in total. The Morgan fingerprint density at radius 2 is 2.14 bits per heavy atom. The Hall–Kier alpha value is -1.59. The predicted octanol–water partition coefficient (Wildman–Crippen LogP) is 1.60. The van der Waals surface area contributed by atoms with Gasteiger partial charge in [-0.25, -0.2) is 0 Å². The molecule has 5 nitrogen and oxygen atoms in total. The van der Waals surface area contributed by atoms with Gasteiger partial charge in [-0.05, 0) is 19.9 Å². The summed E-state index contributed by atoms with van der Waals surface area (Å²) in [7, 11) is 0. The molecule has 0 radical (unpaired) electrons. The lowest BCUT2D eigenvalue weighted by molar-refractivity contribution is -0.135. The fourth-order valence-corrected chi connectivity index (χ4v) is 2.50. The highest BCUT2D eigenvalue weighted by Crippen LogP contribution is 2.24. The molecule has 0 bridgehead atoms. The van der Waals surface area contributed by atoms with Crippen molar-refractivity contribution in [3.05, 3.63) is 29.3 Å². The number of benzene rings is 1. The van der Waals surface area contributed by atoms with Gasteiger partial charge in [-0.1, -0.05) is 17.7 Å². The van der Waals surface area contributed by atoms with Gasteiger partial charge in [0.05, 0.1) is 13.2 Å². The molecular formula is C16H24N2O3. The van der Waals surface area contributed by atoms with Gasteiger partial charge in [-0.2, -0.15) is 0 Å². The zero-order chi connectivity index (χ0) is 15.2. The number of carbonyl (C=O) groups is 1. The van der Waals surface area contributed by atoms with Crippen molar-refractivity contribution in [1.29, 1.82) is 0 Å². The van der Waals surface area contributed by atoms with Crippen LogP contribution in [0.3, 0.4) is 0 Å². The Morgan fingerprint density at radius 1 is 1.43 bits per heavy atom. The number of nitrogens with zero attached hydrogens (tertiary/aromatic N) is 1. The van der Waals surface area contributed by atoms with Gasteiger partial charge in [-0.3, -0.25) is 4.79 Å². The molecule has 1 amide bonds. The molecule has 0 spiro atoms. The first-order valence-corrected chi connectivity index (χ1v) is 7.46. The first kappa shape index (κ1) is 15.8. The lowest BCUT2D eigenvalue weighted by Crippen LogP contribution is -2.41. The number of aryl methyl sites for hydroxylation is 1. The average molecular weight is 292 g/mol. The Balaban J connectivity index is 1.79. The highest BCUT2D eigenvalue weighted by atomic mass is 16.5. The topological polar surface area (TPSA) is 61.8 Å². The molecule has 116 valence electrons. The monoisotopic (exact) mass is 292 g/mol. The van der Waals surface area contributed by atoms with Gasteiger partial charge < -0.3 is 20.1 Å². The molecule has 1 unspecified atom stereocenters. The van der Waals surface area contributed by atoms with E-state index in [0.717, 1.165) is 11.1 Å². The summed E-state index contributed by atoms with van der Waals surface area (Å²) in [6.45, 7) is 7.23. The standard InChI is InChI=1S/C16H24N2O3/c1-12-3-4-15(19)14(11-12)13(2)17-6-5-16(20)18-7-9-21-10-8-18/h3-4,11,13,17,19H,5-10H2,1-2H3. The van der Waals surface area contributed by atoms with E-state index >= 15 is 0 Å². The van der Waals surface area contributed by atoms with Gasteiger partial charge in [-0.15, -0.1) is 0 Å². The summed E-state index contributed by atoms with van der Waals surface area (Å²) in [4.78, 5) is 13.9. The molecular weight excluding hydrogens is 268 g/mol. The fourth-order valence-electron chi connectivity index (χ4n) is 2.50. The quantitative estimate of drug-likeness (QED) is 0.865. The van der Waals surface area contributed by atoms with Crippen molar-refractivity contribution in [2.75, 3.05) is 32.8 Å². The summed E-state index contributed by atoms with van der Waals surface area (Å²) in [6.07, 6.45) is 0.469. The molecule has 0 aromatic heterocycles. The van der Waals surface area contributed by atoms with Crippen LogP contribution in [0.25, 0.3) is 0 Å². The van der Waals surface area contributed by atoms with E-state index in [1.165, 1.54) is 0 Å². The minimum Gasteiger partial charge on any atom is -0.508 e. The van der Waals surface area contributed by atoms with Crippen molar-refractivity contribution < 1.29 is 14.6 Å². The third-order valence-corrected chi connectivity index (χ3v) is 3.80. The van der Waals surface area contributed by atoms with E-state index in [9.17, 15) is 9.90 Å². The minimum atomic E-state index is 0.0161. The number of rotatable bonds is 5. The molecule has 1 atom stereocenters. The first-order valence-electron chi connectivity index (χ1n) is 7.46. The number of hydrogen-bond donors (Lipinski definition) is 2. The first-order chi connectivity index (χ1) is 10.1. The smallest absolute Gasteiger partial charge is 0.224 e. The van der Waals surface area contributed by atoms with Gasteiger partial charge in [0.25, 0.3) is 0 Å². The molecule has 1 saturated heterocycles. The molecule has 21 heavy (non-hydrogen) atoms. The minimum absolute atomic E-state index is 0.0161. The summed E-state index contributed by atoms with van der Waals surface area (Å²) in [6, 6.07) is 5.58. The molecule has 0 saturated carbocycles. The fraction of sp³-hybridized carbons (Fsp3) is 0.562. The molecule has 1 aliphatic heterocycles. The van der Waals surface area contributed by atoms with Gasteiger partial charge in [0, 0.05) is 37.7 Å². The maximum Gasteiger partial charge on any atom is 0.224 e. The van der Waals surface area contributed by atoms with Crippen LogP contribution in [0.4, 0.5) is 0 Å². The van der Waals surface area contributed by atoms with Crippen LogP contribution in [0.2, 0.25) is 0 Å². The van der Waals surface area contributed by atoms with Crippen LogP contribution >= 0.6 is 0 Å². The molecule has 1 aromatic carbocycles. The third kappa shape index (κ3) is 4.44. The predicted molar refractivity (Wildman–Crippen MR) is 81.3 cm³/mol. The Bertz CT molecular complexity index is 484. The van der Waals surface area contributed by atoms with Crippen molar-refractivity contribution in [2.45, 2.75) is 26.3 Å². The number of phenols is 1. The Kier molecular flexibility index (Phi) is 5.59. The summed E-state index contributed by atoms with van der Waals surface area (Å²) in [5.41, 5.74) is 1.98. The third-order valence-electron chi connectivity index (χ3n) is 3.80. The van der Waals surface area contributed by atoms with Gasteiger partial charge in [0.1, 0.15) is 5.75 Å². The molecule has 2 rings (SSSR count). The number of nitrogens with one attached hydrogen (secondary N) is 1. The van der Waals surface area contributed by atoms with E-state index in [1.54, 1.807) is 6.07 Å². The molecule has 0 aliphatic carbocycles. The lowest BCUT2D eigenvalue weighted by atomic mass is 10.0. The molecule has 5 heteroatoms. The Morgan fingerprint density at radius 3 is 2.86 bits per heavy atom. The number of amides is 1. The van der Waals surface area contributed by atoms with Crippen molar-refractivity contribution in [2.24, 2.45) is 0 Å². The largest absolute Gasteiger partial charge is 0.508 e. The van der Waals surface area contributed by atoms with E-state index < -0.39 is 0 Å². The average Bonchev–Trinajstić information content (AvgIpc) is 2.50. The maximum atomic E-state index is 12.0.